The lowest BCUT2D eigenvalue weighted by Gasteiger charge is -2.35. The van der Waals surface area contributed by atoms with Crippen LogP contribution in [0.25, 0.3) is 0 Å². The molecule has 2 aromatic heterocycles. The molecule has 0 spiro atoms. The average molecular weight is 277 g/mol. The molecule has 3 heterocycles. The molecular formula is C12H13ClN6. The Hall–Kier alpha value is -1.95. The van der Waals surface area contributed by atoms with Crippen LogP contribution in [-0.4, -0.2) is 46.1 Å². The molecule has 7 heteroatoms. The molecule has 0 aromatic carbocycles. The van der Waals surface area contributed by atoms with Crippen molar-refractivity contribution in [2.75, 3.05) is 36.0 Å². The summed E-state index contributed by atoms with van der Waals surface area (Å²) in [5.41, 5.74) is 0. The second-order valence-electron chi connectivity index (χ2n) is 4.22. The molecule has 0 radical (unpaired) electrons. The van der Waals surface area contributed by atoms with E-state index < -0.39 is 0 Å². The first kappa shape index (κ1) is 12.1. The van der Waals surface area contributed by atoms with E-state index in [9.17, 15) is 0 Å². The molecule has 1 fully saturated rings. The number of rotatable bonds is 2. The Morgan fingerprint density at radius 2 is 1.63 bits per heavy atom. The van der Waals surface area contributed by atoms with Crippen molar-refractivity contribution in [1.82, 2.24) is 19.9 Å². The van der Waals surface area contributed by atoms with Crippen molar-refractivity contribution in [3.8, 4) is 0 Å². The minimum absolute atomic E-state index is 0.423. The van der Waals surface area contributed by atoms with E-state index in [1.165, 1.54) is 0 Å². The molecule has 3 rings (SSSR count). The topological polar surface area (TPSA) is 58.0 Å². The third-order valence-corrected chi connectivity index (χ3v) is 3.21. The first-order valence-electron chi connectivity index (χ1n) is 6.07. The first-order chi connectivity index (χ1) is 9.33. The van der Waals surface area contributed by atoms with Gasteiger partial charge in [-0.1, -0.05) is 11.6 Å². The van der Waals surface area contributed by atoms with Crippen molar-refractivity contribution in [2.45, 2.75) is 0 Å². The molecule has 0 amide bonds. The summed E-state index contributed by atoms with van der Waals surface area (Å²) >= 11 is 5.86. The van der Waals surface area contributed by atoms with E-state index in [2.05, 4.69) is 29.7 Å². The van der Waals surface area contributed by atoms with Crippen molar-refractivity contribution in [2.24, 2.45) is 0 Å². The van der Waals surface area contributed by atoms with Crippen LogP contribution in [0.4, 0.5) is 11.8 Å². The Bertz CT molecular complexity index is 541. The molecule has 98 valence electrons. The van der Waals surface area contributed by atoms with E-state index in [-0.39, 0.29) is 0 Å². The van der Waals surface area contributed by atoms with Gasteiger partial charge in [-0.05, 0) is 6.07 Å². The minimum Gasteiger partial charge on any atom is -0.352 e. The third-order valence-electron chi connectivity index (χ3n) is 3.03. The Morgan fingerprint density at radius 1 is 0.947 bits per heavy atom. The number of halogens is 1. The molecule has 0 saturated carbocycles. The summed E-state index contributed by atoms with van der Waals surface area (Å²) in [7, 11) is 0. The van der Waals surface area contributed by atoms with Gasteiger partial charge in [0.25, 0.3) is 0 Å². The fourth-order valence-corrected chi connectivity index (χ4v) is 2.22. The van der Waals surface area contributed by atoms with Gasteiger partial charge in [0.15, 0.2) is 0 Å². The fourth-order valence-electron chi connectivity index (χ4n) is 2.08. The van der Waals surface area contributed by atoms with Gasteiger partial charge >= 0.3 is 0 Å². The highest BCUT2D eigenvalue weighted by atomic mass is 35.5. The van der Waals surface area contributed by atoms with Gasteiger partial charge in [-0.25, -0.2) is 15.0 Å². The highest BCUT2D eigenvalue weighted by molar-refractivity contribution is 6.29. The summed E-state index contributed by atoms with van der Waals surface area (Å²) in [6.45, 7) is 3.43. The molecule has 2 aromatic rings. The molecule has 1 aliphatic rings. The highest BCUT2D eigenvalue weighted by Gasteiger charge is 2.19. The van der Waals surface area contributed by atoms with E-state index in [0.29, 0.717) is 5.15 Å². The Morgan fingerprint density at radius 3 is 2.32 bits per heavy atom. The van der Waals surface area contributed by atoms with Crippen LogP contribution >= 0.6 is 11.6 Å². The zero-order valence-corrected chi connectivity index (χ0v) is 11.0. The number of piperazine rings is 1. The van der Waals surface area contributed by atoms with E-state index in [1.807, 2.05) is 6.07 Å². The lowest BCUT2D eigenvalue weighted by Crippen LogP contribution is -2.47. The second kappa shape index (κ2) is 5.36. The fraction of sp³-hybridized carbons (Fsp3) is 0.333. The van der Waals surface area contributed by atoms with Crippen LogP contribution in [0.5, 0.6) is 0 Å². The van der Waals surface area contributed by atoms with Crippen LogP contribution in [-0.2, 0) is 0 Å². The molecule has 6 nitrogen and oxygen atoms in total. The standard InChI is InChI=1S/C12H13ClN6/c13-10-8-14-9-11(17-10)18-4-6-19(7-5-18)12-15-2-1-3-16-12/h1-3,8-9H,4-7H2. The Balaban J connectivity index is 1.67. The third kappa shape index (κ3) is 2.73. The molecule has 1 saturated heterocycles. The minimum atomic E-state index is 0.423. The van der Waals surface area contributed by atoms with Crippen molar-refractivity contribution < 1.29 is 0 Å². The highest BCUT2D eigenvalue weighted by Crippen LogP contribution is 2.16. The summed E-state index contributed by atoms with van der Waals surface area (Å²) in [5.74, 6) is 1.60. The van der Waals surface area contributed by atoms with E-state index in [1.54, 1.807) is 24.8 Å². The van der Waals surface area contributed by atoms with Gasteiger partial charge in [-0.2, -0.15) is 0 Å². The maximum atomic E-state index is 5.86. The van der Waals surface area contributed by atoms with E-state index >= 15 is 0 Å². The van der Waals surface area contributed by atoms with Crippen molar-refractivity contribution in [3.05, 3.63) is 36.0 Å². The van der Waals surface area contributed by atoms with Gasteiger partial charge in [0.1, 0.15) is 11.0 Å². The van der Waals surface area contributed by atoms with E-state index in [4.69, 9.17) is 11.6 Å². The van der Waals surface area contributed by atoms with Crippen LogP contribution in [0.2, 0.25) is 5.15 Å². The predicted octanol–water partition coefficient (Wildman–Crippen LogP) is 1.25. The summed E-state index contributed by atoms with van der Waals surface area (Å²) in [4.78, 5) is 21.2. The number of nitrogens with zero attached hydrogens (tertiary/aromatic N) is 6. The van der Waals surface area contributed by atoms with Gasteiger partial charge in [-0.3, -0.25) is 4.98 Å². The van der Waals surface area contributed by atoms with Gasteiger partial charge in [0, 0.05) is 38.6 Å². The van der Waals surface area contributed by atoms with Crippen LogP contribution < -0.4 is 9.80 Å². The summed E-state index contributed by atoms with van der Waals surface area (Å²) in [6.07, 6.45) is 6.80. The normalized spacial score (nSPS) is 15.6. The second-order valence-corrected chi connectivity index (χ2v) is 4.61. The smallest absolute Gasteiger partial charge is 0.225 e. The lowest BCUT2D eigenvalue weighted by molar-refractivity contribution is 0.633. The monoisotopic (exact) mass is 276 g/mol. The molecule has 0 bridgehead atoms. The number of hydrogen-bond donors (Lipinski definition) is 0. The predicted molar refractivity (Wildman–Crippen MR) is 73.5 cm³/mol. The molecule has 0 N–H and O–H groups in total. The van der Waals surface area contributed by atoms with Gasteiger partial charge in [0.05, 0.1) is 12.4 Å². The van der Waals surface area contributed by atoms with Crippen molar-refractivity contribution in [1.29, 1.82) is 0 Å². The zero-order chi connectivity index (χ0) is 13.1. The Kier molecular flexibility index (Phi) is 3.41. The molecule has 0 aliphatic carbocycles. The van der Waals surface area contributed by atoms with Crippen LogP contribution in [0.15, 0.2) is 30.9 Å². The number of aromatic nitrogens is 4. The quantitative estimate of drug-likeness (QED) is 0.823. The SMILES string of the molecule is Clc1cncc(N2CCN(c3ncccn3)CC2)n1. The Labute approximate surface area is 116 Å². The summed E-state index contributed by atoms with van der Waals surface area (Å²) in [5, 5.41) is 0.423. The molecule has 0 atom stereocenters. The number of anilines is 2. The van der Waals surface area contributed by atoms with Crippen LogP contribution in [0.3, 0.4) is 0 Å². The zero-order valence-electron chi connectivity index (χ0n) is 10.3. The van der Waals surface area contributed by atoms with Crippen LogP contribution in [0, 0.1) is 0 Å². The lowest BCUT2D eigenvalue weighted by atomic mass is 10.3. The summed E-state index contributed by atoms with van der Waals surface area (Å²) < 4.78 is 0. The molecular weight excluding hydrogens is 264 g/mol. The average Bonchev–Trinajstić information content (AvgIpc) is 2.48. The van der Waals surface area contributed by atoms with Gasteiger partial charge in [0.2, 0.25) is 5.95 Å². The van der Waals surface area contributed by atoms with Crippen molar-refractivity contribution >= 4 is 23.4 Å². The maximum Gasteiger partial charge on any atom is 0.225 e. The molecule has 0 unspecified atom stereocenters. The van der Waals surface area contributed by atoms with Crippen LogP contribution in [0.1, 0.15) is 0 Å². The number of hydrogen-bond acceptors (Lipinski definition) is 6. The van der Waals surface area contributed by atoms with Gasteiger partial charge in [-0.15, -0.1) is 0 Å². The molecule has 19 heavy (non-hydrogen) atoms. The first-order valence-corrected chi connectivity index (χ1v) is 6.45. The maximum absolute atomic E-state index is 5.86. The molecule has 1 aliphatic heterocycles. The van der Waals surface area contributed by atoms with Crippen molar-refractivity contribution in [3.63, 3.8) is 0 Å². The largest absolute Gasteiger partial charge is 0.352 e. The van der Waals surface area contributed by atoms with Gasteiger partial charge < -0.3 is 9.80 Å². The summed E-state index contributed by atoms with van der Waals surface area (Å²) in [6, 6.07) is 1.82. The van der Waals surface area contributed by atoms with E-state index in [0.717, 1.165) is 37.9 Å².